The lowest BCUT2D eigenvalue weighted by molar-refractivity contribution is -0.384. The van der Waals surface area contributed by atoms with Crippen LogP contribution in [0.4, 0.5) is 11.4 Å². The Kier molecular flexibility index (Phi) is 4.81. The number of carboxylic acid groups (broad SMARTS) is 1. The van der Waals surface area contributed by atoms with Gasteiger partial charge in [0.1, 0.15) is 0 Å². The highest BCUT2D eigenvalue weighted by Crippen LogP contribution is 2.29. The number of nitro benzene ring substituents is 1. The molecular formula is C17H11N3O5S. The molecule has 0 aromatic heterocycles. The zero-order chi connectivity index (χ0) is 18.7. The van der Waals surface area contributed by atoms with Crippen LogP contribution in [0.1, 0.15) is 15.9 Å². The summed E-state index contributed by atoms with van der Waals surface area (Å²) in [7, 11) is 0. The van der Waals surface area contributed by atoms with Crippen molar-refractivity contribution in [3.63, 3.8) is 0 Å². The summed E-state index contributed by atoms with van der Waals surface area (Å²) in [5.41, 5.74) is 0.936. The largest absolute Gasteiger partial charge is 0.478 e. The monoisotopic (exact) mass is 369 g/mol. The van der Waals surface area contributed by atoms with Gasteiger partial charge >= 0.3 is 5.97 Å². The number of hydrogen-bond donors (Lipinski definition) is 2. The molecule has 1 saturated heterocycles. The molecular weight excluding hydrogens is 358 g/mol. The van der Waals surface area contributed by atoms with Crippen molar-refractivity contribution in [3.8, 4) is 0 Å². The van der Waals surface area contributed by atoms with Crippen molar-refractivity contribution in [1.29, 1.82) is 0 Å². The Morgan fingerprint density at radius 3 is 2.73 bits per heavy atom. The van der Waals surface area contributed by atoms with Crippen LogP contribution >= 0.6 is 11.8 Å². The number of hydrogen-bond acceptors (Lipinski definition) is 6. The van der Waals surface area contributed by atoms with E-state index in [-0.39, 0.29) is 17.2 Å². The molecule has 0 bridgehead atoms. The Hall–Kier alpha value is -3.46. The quantitative estimate of drug-likeness (QED) is 0.485. The van der Waals surface area contributed by atoms with Gasteiger partial charge in [-0.2, -0.15) is 0 Å². The average molecular weight is 369 g/mol. The van der Waals surface area contributed by atoms with Crippen LogP contribution in [0.15, 0.2) is 58.4 Å². The third kappa shape index (κ3) is 3.95. The number of carbonyl (C=O) groups is 2. The number of thioether (sulfide) groups is 1. The molecule has 0 aliphatic carbocycles. The van der Waals surface area contributed by atoms with Crippen LogP contribution in [0.3, 0.4) is 0 Å². The third-order valence-corrected chi connectivity index (χ3v) is 4.26. The number of aromatic carboxylic acids is 1. The second-order valence-corrected chi connectivity index (χ2v) is 6.22. The molecule has 130 valence electrons. The van der Waals surface area contributed by atoms with Crippen molar-refractivity contribution >= 4 is 46.3 Å². The molecule has 2 aromatic carbocycles. The Morgan fingerprint density at radius 2 is 2.00 bits per heavy atom. The van der Waals surface area contributed by atoms with E-state index < -0.39 is 10.9 Å². The minimum Gasteiger partial charge on any atom is -0.478 e. The molecule has 2 N–H and O–H groups in total. The average Bonchev–Trinajstić information content (AvgIpc) is 2.94. The van der Waals surface area contributed by atoms with E-state index in [1.54, 1.807) is 18.2 Å². The van der Waals surface area contributed by atoms with Gasteiger partial charge in [-0.3, -0.25) is 14.9 Å². The molecule has 1 heterocycles. The highest BCUT2D eigenvalue weighted by molar-refractivity contribution is 8.18. The van der Waals surface area contributed by atoms with Gasteiger partial charge in [-0.05, 0) is 41.6 Å². The van der Waals surface area contributed by atoms with E-state index in [9.17, 15) is 19.7 Å². The number of carboxylic acids is 1. The fourth-order valence-electron chi connectivity index (χ4n) is 2.19. The molecule has 26 heavy (non-hydrogen) atoms. The van der Waals surface area contributed by atoms with Crippen LogP contribution < -0.4 is 5.32 Å². The molecule has 3 rings (SSSR count). The molecule has 1 fully saturated rings. The van der Waals surface area contributed by atoms with Crippen LogP contribution in [0.5, 0.6) is 0 Å². The maximum Gasteiger partial charge on any atom is 0.335 e. The predicted octanol–water partition coefficient (Wildman–Crippen LogP) is 3.18. The smallest absolute Gasteiger partial charge is 0.335 e. The van der Waals surface area contributed by atoms with E-state index in [0.717, 1.165) is 11.8 Å². The van der Waals surface area contributed by atoms with E-state index >= 15 is 0 Å². The number of nitrogens with zero attached hydrogens (tertiary/aromatic N) is 2. The van der Waals surface area contributed by atoms with Gasteiger partial charge in [0.25, 0.3) is 11.6 Å². The number of amidine groups is 1. The second kappa shape index (κ2) is 7.19. The number of nitro groups is 1. The first-order chi connectivity index (χ1) is 12.4. The molecule has 8 nitrogen and oxygen atoms in total. The molecule has 1 aliphatic heterocycles. The van der Waals surface area contributed by atoms with E-state index in [1.165, 1.54) is 36.4 Å². The van der Waals surface area contributed by atoms with Crippen LogP contribution in [0.25, 0.3) is 6.08 Å². The number of nitrogens with one attached hydrogen (secondary N) is 1. The fourth-order valence-corrected chi connectivity index (χ4v) is 3.03. The van der Waals surface area contributed by atoms with Gasteiger partial charge in [-0.25, -0.2) is 9.79 Å². The van der Waals surface area contributed by atoms with Crippen LogP contribution in [0.2, 0.25) is 0 Å². The van der Waals surface area contributed by atoms with Crippen LogP contribution in [-0.4, -0.2) is 27.1 Å². The first-order valence-electron chi connectivity index (χ1n) is 7.30. The summed E-state index contributed by atoms with van der Waals surface area (Å²) in [5.74, 6) is -1.45. The van der Waals surface area contributed by atoms with Gasteiger partial charge in [0, 0.05) is 12.1 Å². The molecule has 0 spiro atoms. The summed E-state index contributed by atoms with van der Waals surface area (Å²) >= 11 is 1.07. The van der Waals surface area contributed by atoms with Gasteiger partial charge < -0.3 is 10.4 Å². The van der Waals surface area contributed by atoms with Gasteiger partial charge in [0.05, 0.1) is 21.1 Å². The molecule has 2 aromatic rings. The van der Waals surface area contributed by atoms with Crippen LogP contribution in [-0.2, 0) is 4.79 Å². The summed E-state index contributed by atoms with van der Waals surface area (Å²) in [5, 5.41) is 22.7. The summed E-state index contributed by atoms with van der Waals surface area (Å²) in [6.07, 6.45) is 1.53. The number of benzene rings is 2. The molecule has 9 heteroatoms. The standard InChI is InChI=1S/C17H11N3O5S/c21-15-14(8-10-3-1-6-13(7-10)20(24)25)26-17(19-15)18-12-5-2-4-11(9-12)16(22)23/h1-9H,(H,22,23)(H,18,19,21)/b14-8-. The van der Waals surface area contributed by atoms with Gasteiger partial charge in [-0.1, -0.05) is 18.2 Å². The van der Waals surface area contributed by atoms with Gasteiger partial charge in [0.2, 0.25) is 0 Å². The summed E-state index contributed by atoms with van der Waals surface area (Å²) in [6.45, 7) is 0. The van der Waals surface area contributed by atoms with Crippen molar-refractivity contribution in [1.82, 2.24) is 5.32 Å². The van der Waals surface area contributed by atoms with E-state index in [1.807, 2.05) is 0 Å². The maximum atomic E-state index is 12.1. The number of aliphatic imine (C=N–C) groups is 1. The molecule has 0 radical (unpaired) electrons. The highest BCUT2D eigenvalue weighted by atomic mass is 32.2. The summed E-state index contributed by atoms with van der Waals surface area (Å²) in [4.78, 5) is 37.9. The SMILES string of the molecule is O=C1NC(=Nc2cccc(C(=O)O)c2)S/C1=C\c1cccc([N+](=O)[O-])c1. The van der Waals surface area contributed by atoms with Crippen LogP contribution in [0, 0.1) is 10.1 Å². The zero-order valence-corrected chi connectivity index (χ0v) is 13.9. The van der Waals surface area contributed by atoms with Crippen molar-refractivity contribution in [2.45, 2.75) is 0 Å². The minimum atomic E-state index is -1.07. The Bertz CT molecular complexity index is 984. The Labute approximate surface area is 151 Å². The highest BCUT2D eigenvalue weighted by Gasteiger charge is 2.24. The maximum absolute atomic E-state index is 12.1. The zero-order valence-electron chi connectivity index (χ0n) is 13.1. The first kappa shape index (κ1) is 17.4. The number of non-ortho nitro benzene ring substituents is 1. The van der Waals surface area contributed by atoms with Crippen molar-refractivity contribution in [2.24, 2.45) is 4.99 Å². The molecule has 1 amide bonds. The lowest BCUT2D eigenvalue weighted by Crippen LogP contribution is -2.19. The van der Waals surface area contributed by atoms with Gasteiger partial charge in [-0.15, -0.1) is 0 Å². The molecule has 0 atom stereocenters. The lowest BCUT2D eigenvalue weighted by atomic mass is 10.2. The van der Waals surface area contributed by atoms with E-state index in [2.05, 4.69) is 10.3 Å². The second-order valence-electron chi connectivity index (χ2n) is 5.19. The van der Waals surface area contributed by atoms with Crippen molar-refractivity contribution < 1.29 is 19.6 Å². The number of carbonyl (C=O) groups excluding carboxylic acids is 1. The van der Waals surface area contributed by atoms with Crippen molar-refractivity contribution in [3.05, 3.63) is 74.7 Å². The topological polar surface area (TPSA) is 122 Å². The Balaban J connectivity index is 1.84. The molecule has 0 unspecified atom stereocenters. The van der Waals surface area contributed by atoms with Crippen molar-refractivity contribution in [2.75, 3.05) is 0 Å². The van der Waals surface area contributed by atoms with E-state index in [0.29, 0.717) is 21.3 Å². The predicted molar refractivity (Wildman–Crippen MR) is 97.3 cm³/mol. The number of amides is 1. The summed E-state index contributed by atoms with van der Waals surface area (Å²) in [6, 6.07) is 11.9. The molecule has 0 saturated carbocycles. The third-order valence-electron chi connectivity index (χ3n) is 3.35. The number of rotatable bonds is 4. The lowest BCUT2D eigenvalue weighted by Gasteiger charge is -1.98. The minimum absolute atomic E-state index is 0.0675. The van der Waals surface area contributed by atoms with Gasteiger partial charge in [0.15, 0.2) is 5.17 Å². The normalized spacial score (nSPS) is 16.7. The fraction of sp³-hybridized carbons (Fsp3) is 0. The Morgan fingerprint density at radius 1 is 1.23 bits per heavy atom. The van der Waals surface area contributed by atoms with E-state index in [4.69, 9.17) is 5.11 Å². The summed E-state index contributed by atoms with van der Waals surface area (Å²) < 4.78 is 0. The molecule has 1 aliphatic rings. The first-order valence-corrected chi connectivity index (χ1v) is 8.11.